The van der Waals surface area contributed by atoms with E-state index in [4.69, 9.17) is 0 Å². The first-order valence-corrected chi connectivity index (χ1v) is 12.3. The highest BCUT2D eigenvalue weighted by Crippen LogP contribution is 2.56. The van der Waals surface area contributed by atoms with Gasteiger partial charge in [0, 0.05) is 26.7 Å². The average Bonchev–Trinajstić information content (AvgIpc) is 3.36. The normalized spacial score (nSPS) is 12.3. The predicted molar refractivity (Wildman–Crippen MR) is 140 cm³/mol. The first kappa shape index (κ1) is 17.8. The first-order chi connectivity index (χ1) is 15.9. The van der Waals surface area contributed by atoms with Crippen LogP contribution in [0.2, 0.25) is 0 Å². The van der Waals surface area contributed by atoms with Crippen LogP contribution in [0.15, 0.2) is 121 Å². The standard InChI is InChI=1S/C30H20NP/c1-3-11-21(12-4-1)31-27-17-9-7-15-23(27)25-19-26-24-16-8-10-18-29(24)32(30(26)20-28(25)31)22-13-5-2-6-14-22/h1-20H. The lowest BCUT2D eigenvalue weighted by molar-refractivity contribution is 1.18. The maximum Gasteiger partial charge on any atom is 0.0550 e. The molecule has 32 heavy (non-hydrogen) atoms. The molecular weight excluding hydrogens is 405 g/mol. The molecule has 0 amide bonds. The minimum Gasteiger partial charge on any atom is -0.309 e. The molecule has 150 valence electrons. The van der Waals surface area contributed by atoms with Gasteiger partial charge < -0.3 is 4.57 Å². The van der Waals surface area contributed by atoms with Crippen LogP contribution in [-0.2, 0) is 0 Å². The number of hydrogen-bond donors (Lipinski definition) is 0. The van der Waals surface area contributed by atoms with Gasteiger partial charge in [0.1, 0.15) is 0 Å². The van der Waals surface area contributed by atoms with Gasteiger partial charge in [-0.2, -0.15) is 0 Å². The minimum atomic E-state index is -0.569. The van der Waals surface area contributed by atoms with Gasteiger partial charge in [-0.3, -0.25) is 0 Å². The second-order valence-electron chi connectivity index (χ2n) is 8.26. The minimum absolute atomic E-state index is 0.569. The second-order valence-corrected chi connectivity index (χ2v) is 10.4. The summed E-state index contributed by atoms with van der Waals surface area (Å²) in [4.78, 5) is 0. The summed E-state index contributed by atoms with van der Waals surface area (Å²) < 4.78 is 2.42. The van der Waals surface area contributed by atoms with Gasteiger partial charge in [0.25, 0.3) is 0 Å². The summed E-state index contributed by atoms with van der Waals surface area (Å²) in [5.41, 5.74) is 3.75. The van der Waals surface area contributed by atoms with Crippen LogP contribution < -0.4 is 0 Å². The van der Waals surface area contributed by atoms with Gasteiger partial charge in [0.05, 0.1) is 11.0 Å². The van der Waals surface area contributed by atoms with E-state index in [1.54, 1.807) is 0 Å². The van der Waals surface area contributed by atoms with Gasteiger partial charge in [-0.25, -0.2) is 0 Å². The Hall–Kier alpha value is -3.80. The third kappa shape index (κ3) is 2.46. The molecule has 2 heteroatoms. The van der Waals surface area contributed by atoms with Crippen molar-refractivity contribution in [1.29, 1.82) is 0 Å². The zero-order valence-corrected chi connectivity index (χ0v) is 18.3. The third-order valence-electron chi connectivity index (χ3n) is 6.49. The fraction of sp³-hybridized carbons (Fsp3) is 0. The molecule has 0 spiro atoms. The molecule has 0 N–H and O–H groups in total. The molecule has 1 atom stereocenters. The number of aromatic nitrogens is 1. The van der Waals surface area contributed by atoms with Crippen LogP contribution in [0.4, 0.5) is 0 Å². The summed E-state index contributed by atoms with van der Waals surface area (Å²) >= 11 is 0. The zero-order valence-electron chi connectivity index (χ0n) is 17.4. The van der Waals surface area contributed by atoms with E-state index in [2.05, 4.69) is 126 Å². The van der Waals surface area contributed by atoms with Crippen LogP contribution in [0.3, 0.4) is 0 Å². The van der Waals surface area contributed by atoms with Crippen LogP contribution in [0.25, 0.3) is 53.8 Å². The van der Waals surface area contributed by atoms with Crippen LogP contribution in [0, 0.1) is 0 Å². The molecule has 7 aromatic rings. The monoisotopic (exact) mass is 425 g/mol. The zero-order chi connectivity index (χ0) is 21.1. The average molecular weight is 425 g/mol. The highest BCUT2D eigenvalue weighted by Gasteiger charge is 2.18. The molecule has 1 nitrogen and oxygen atoms in total. The number of benzene rings is 5. The molecule has 2 heterocycles. The lowest BCUT2D eigenvalue weighted by Crippen LogP contribution is -1.92. The molecule has 0 radical (unpaired) electrons. The Bertz CT molecular complexity index is 1630. The Morgan fingerprint density at radius 1 is 0.438 bits per heavy atom. The molecule has 1 unspecified atom stereocenters. The second kappa shape index (κ2) is 6.85. The van der Waals surface area contributed by atoms with Gasteiger partial charge in [-0.05, 0) is 46.4 Å². The van der Waals surface area contributed by atoms with E-state index < -0.39 is 7.53 Å². The number of nitrogens with zero attached hydrogens (tertiary/aromatic N) is 1. The molecule has 0 aliphatic carbocycles. The molecule has 0 saturated carbocycles. The predicted octanol–water partition coefficient (Wildman–Crippen LogP) is 9.07. The Balaban J connectivity index is 1.71. The molecule has 0 aliphatic rings. The smallest absolute Gasteiger partial charge is 0.0550 e. The Morgan fingerprint density at radius 3 is 1.91 bits per heavy atom. The van der Waals surface area contributed by atoms with E-state index >= 15 is 0 Å². The van der Waals surface area contributed by atoms with Gasteiger partial charge >= 0.3 is 0 Å². The Kier molecular flexibility index (Phi) is 3.82. The van der Waals surface area contributed by atoms with Gasteiger partial charge in [0.15, 0.2) is 0 Å². The topological polar surface area (TPSA) is 4.93 Å². The highest BCUT2D eigenvalue weighted by molar-refractivity contribution is 7.67. The van der Waals surface area contributed by atoms with Crippen LogP contribution in [0.5, 0.6) is 0 Å². The Morgan fingerprint density at radius 2 is 1.09 bits per heavy atom. The highest BCUT2D eigenvalue weighted by atomic mass is 31.1. The number of rotatable bonds is 2. The number of hydrogen-bond acceptors (Lipinski definition) is 0. The van der Waals surface area contributed by atoms with E-state index in [9.17, 15) is 0 Å². The molecule has 0 fully saturated rings. The fourth-order valence-corrected chi connectivity index (χ4v) is 7.78. The van der Waals surface area contributed by atoms with E-state index in [1.165, 1.54) is 53.8 Å². The van der Waals surface area contributed by atoms with E-state index in [0.717, 1.165) is 0 Å². The van der Waals surface area contributed by atoms with Crippen molar-refractivity contribution in [1.82, 2.24) is 4.57 Å². The molecular formula is C30H20NP. The summed E-state index contributed by atoms with van der Waals surface area (Å²) in [7, 11) is -0.569. The maximum absolute atomic E-state index is 2.47. The van der Waals surface area contributed by atoms with Crippen LogP contribution in [-0.4, -0.2) is 4.57 Å². The molecule has 0 aliphatic heterocycles. The number of para-hydroxylation sites is 2. The van der Waals surface area contributed by atoms with Crippen molar-refractivity contribution < 1.29 is 0 Å². The molecule has 0 saturated heterocycles. The third-order valence-corrected chi connectivity index (χ3v) is 9.03. The fourth-order valence-electron chi connectivity index (χ4n) is 5.14. The lowest BCUT2D eigenvalue weighted by atomic mass is 10.1. The van der Waals surface area contributed by atoms with Crippen molar-refractivity contribution in [2.24, 2.45) is 0 Å². The van der Waals surface area contributed by atoms with Gasteiger partial charge in [-0.15, -0.1) is 0 Å². The summed E-state index contributed by atoms with van der Waals surface area (Å²) in [5, 5.41) is 9.74. The van der Waals surface area contributed by atoms with Crippen molar-refractivity contribution in [2.75, 3.05) is 0 Å². The van der Waals surface area contributed by atoms with Crippen molar-refractivity contribution in [3.63, 3.8) is 0 Å². The van der Waals surface area contributed by atoms with Crippen molar-refractivity contribution in [3.8, 4) is 11.0 Å². The summed E-state index contributed by atoms with van der Waals surface area (Å²) in [6, 6.07) is 44.4. The lowest BCUT2D eigenvalue weighted by Gasteiger charge is -2.08. The molecule has 7 rings (SSSR count). The van der Waals surface area contributed by atoms with Crippen molar-refractivity contribution in [3.05, 3.63) is 121 Å². The van der Waals surface area contributed by atoms with Gasteiger partial charge in [0.2, 0.25) is 0 Å². The molecule has 2 aromatic heterocycles. The summed E-state index contributed by atoms with van der Waals surface area (Å²) in [6.45, 7) is 0. The number of fused-ring (bicyclic) bond motifs is 6. The summed E-state index contributed by atoms with van der Waals surface area (Å²) in [5.74, 6) is 0. The van der Waals surface area contributed by atoms with Crippen molar-refractivity contribution in [2.45, 2.75) is 0 Å². The maximum atomic E-state index is 2.47. The van der Waals surface area contributed by atoms with E-state index in [1.807, 2.05) is 0 Å². The van der Waals surface area contributed by atoms with Gasteiger partial charge in [-0.1, -0.05) is 98.5 Å². The summed E-state index contributed by atoms with van der Waals surface area (Å²) in [6.07, 6.45) is 0. The Labute approximate surface area is 187 Å². The van der Waals surface area contributed by atoms with E-state index in [0.29, 0.717) is 0 Å². The molecule has 0 bridgehead atoms. The largest absolute Gasteiger partial charge is 0.309 e. The van der Waals surface area contributed by atoms with Crippen LogP contribution in [0.1, 0.15) is 0 Å². The molecule has 5 aromatic carbocycles. The van der Waals surface area contributed by atoms with Crippen molar-refractivity contribution >= 4 is 50.3 Å². The van der Waals surface area contributed by atoms with Crippen LogP contribution >= 0.6 is 7.53 Å². The SMILES string of the molecule is c1ccc(-n2c3ccccc3c3cc4c5ccccc5p(-c5ccccc5)c4cc32)cc1. The van der Waals surface area contributed by atoms with E-state index in [-0.39, 0.29) is 0 Å². The quantitative estimate of drug-likeness (QED) is 0.260. The first-order valence-electron chi connectivity index (χ1n) is 11.0.